The number of nitrogens with zero attached hydrogens (tertiary/aromatic N) is 1. The molecule has 2 nitrogen and oxygen atoms in total. The van der Waals surface area contributed by atoms with Crippen molar-refractivity contribution in [1.82, 2.24) is 4.90 Å². The molecule has 0 spiro atoms. The Kier molecular flexibility index (Phi) is 4.61. The third kappa shape index (κ3) is 3.30. The summed E-state index contributed by atoms with van der Waals surface area (Å²) in [6.07, 6.45) is 0.351. The largest absolute Gasteiger partial charge is 0.339 e. The minimum atomic E-state index is -0.268. The van der Waals surface area contributed by atoms with Crippen LogP contribution in [0.4, 0.5) is 4.39 Å². The van der Waals surface area contributed by atoms with Gasteiger partial charge in [-0.05, 0) is 41.0 Å². The molecule has 0 unspecified atom stereocenters. The van der Waals surface area contributed by atoms with E-state index in [2.05, 4.69) is 0 Å². The predicted octanol–water partition coefficient (Wildman–Crippen LogP) is 4.74. The molecule has 122 valence electrons. The van der Waals surface area contributed by atoms with Crippen LogP contribution in [-0.2, 0) is 11.2 Å². The number of likely N-dealkylation sites (N-methyl/N-ethyl adjacent to an activating group) is 1. The number of carbonyl (C=O) groups excluding carboxylic acids is 1. The highest BCUT2D eigenvalue weighted by Gasteiger charge is 2.18. The van der Waals surface area contributed by atoms with Gasteiger partial charge in [-0.1, -0.05) is 54.6 Å². The van der Waals surface area contributed by atoms with Gasteiger partial charge in [-0.2, -0.15) is 0 Å². The summed E-state index contributed by atoms with van der Waals surface area (Å²) < 4.78 is 13.1. The van der Waals surface area contributed by atoms with Crippen molar-refractivity contribution in [1.29, 1.82) is 0 Å². The van der Waals surface area contributed by atoms with E-state index in [1.165, 1.54) is 12.1 Å². The van der Waals surface area contributed by atoms with Crippen molar-refractivity contribution in [3.8, 4) is 0 Å². The Morgan fingerprint density at radius 1 is 1.00 bits per heavy atom. The zero-order valence-electron chi connectivity index (χ0n) is 13.9. The molecule has 3 rings (SSSR count). The molecular weight excluding hydrogens is 301 g/mol. The summed E-state index contributed by atoms with van der Waals surface area (Å²) in [6, 6.07) is 20.3. The number of amides is 1. The van der Waals surface area contributed by atoms with E-state index >= 15 is 0 Å². The molecule has 0 bridgehead atoms. The third-order valence-electron chi connectivity index (χ3n) is 4.55. The zero-order chi connectivity index (χ0) is 17.1. The van der Waals surface area contributed by atoms with Gasteiger partial charge in [0, 0.05) is 7.05 Å². The van der Waals surface area contributed by atoms with Gasteiger partial charge in [0.15, 0.2) is 0 Å². The average Bonchev–Trinajstić information content (AvgIpc) is 2.61. The quantitative estimate of drug-likeness (QED) is 0.679. The molecule has 1 amide bonds. The molecule has 0 heterocycles. The van der Waals surface area contributed by atoms with E-state index in [0.29, 0.717) is 6.42 Å². The minimum Gasteiger partial charge on any atom is -0.339 e. The summed E-state index contributed by atoms with van der Waals surface area (Å²) in [4.78, 5) is 14.4. The summed E-state index contributed by atoms with van der Waals surface area (Å²) in [5.74, 6) is -0.223. The summed E-state index contributed by atoms with van der Waals surface area (Å²) >= 11 is 0. The van der Waals surface area contributed by atoms with Gasteiger partial charge in [-0.3, -0.25) is 4.79 Å². The lowest BCUT2D eigenvalue weighted by molar-refractivity contribution is -0.131. The molecule has 0 aliphatic rings. The summed E-state index contributed by atoms with van der Waals surface area (Å²) in [5.41, 5.74) is 1.95. The molecule has 0 radical (unpaired) electrons. The number of carbonyl (C=O) groups is 1. The van der Waals surface area contributed by atoms with Gasteiger partial charge in [0.25, 0.3) is 0 Å². The van der Waals surface area contributed by atoms with Crippen LogP contribution in [0.15, 0.2) is 66.7 Å². The fraction of sp³-hybridized carbons (Fsp3) is 0.190. The van der Waals surface area contributed by atoms with Crippen LogP contribution < -0.4 is 0 Å². The van der Waals surface area contributed by atoms with Crippen LogP contribution in [0.5, 0.6) is 0 Å². The lowest BCUT2D eigenvalue weighted by atomic mass is 10.0. The number of hydrogen-bond acceptors (Lipinski definition) is 1. The Morgan fingerprint density at radius 3 is 2.42 bits per heavy atom. The Balaban J connectivity index is 1.79. The Bertz CT molecular complexity index is 852. The predicted molar refractivity (Wildman–Crippen MR) is 95.2 cm³/mol. The van der Waals surface area contributed by atoms with Crippen molar-refractivity contribution in [2.24, 2.45) is 0 Å². The number of rotatable bonds is 4. The first-order valence-corrected chi connectivity index (χ1v) is 8.04. The second-order valence-electron chi connectivity index (χ2n) is 6.05. The SMILES string of the molecule is C[C@@H](c1ccc(F)cc1)N(C)C(=O)Cc1cccc2ccccc12. The van der Waals surface area contributed by atoms with E-state index in [1.54, 1.807) is 24.1 Å². The number of benzene rings is 3. The van der Waals surface area contributed by atoms with Crippen molar-refractivity contribution in [2.75, 3.05) is 7.05 Å². The molecule has 0 fully saturated rings. The number of fused-ring (bicyclic) bond motifs is 1. The summed E-state index contributed by atoms with van der Waals surface area (Å²) in [6.45, 7) is 1.95. The molecule has 0 aliphatic carbocycles. The standard InChI is InChI=1S/C21H20FNO/c1-15(16-10-12-19(22)13-11-16)23(2)21(24)14-18-8-5-7-17-6-3-4-9-20(17)18/h3-13,15H,14H2,1-2H3/t15-/m0/s1. The van der Waals surface area contributed by atoms with Crippen molar-refractivity contribution in [3.63, 3.8) is 0 Å². The van der Waals surface area contributed by atoms with Crippen molar-refractivity contribution in [3.05, 3.63) is 83.7 Å². The first-order chi connectivity index (χ1) is 11.6. The van der Waals surface area contributed by atoms with Crippen LogP contribution in [0, 0.1) is 5.82 Å². The molecule has 3 heteroatoms. The molecule has 3 aromatic rings. The van der Waals surface area contributed by atoms with Gasteiger partial charge >= 0.3 is 0 Å². The monoisotopic (exact) mass is 321 g/mol. The van der Waals surface area contributed by atoms with Crippen LogP contribution in [0.2, 0.25) is 0 Å². The lowest BCUT2D eigenvalue weighted by Gasteiger charge is -2.25. The highest BCUT2D eigenvalue weighted by Crippen LogP contribution is 2.23. The Morgan fingerprint density at radius 2 is 1.67 bits per heavy atom. The second-order valence-corrected chi connectivity index (χ2v) is 6.05. The van der Waals surface area contributed by atoms with Gasteiger partial charge in [-0.15, -0.1) is 0 Å². The highest BCUT2D eigenvalue weighted by atomic mass is 19.1. The molecule has 24 heavy (non-hydrogen) atoms. The Hall–Kier alpha value is -2.68. The third-order valence-corrected chi connectivity index (χ3v) is 4.55. The van der Waals surface area contributed by atoms with E-state index < -0.39 is 0 Å². The molecule has 1 atom stereocenters. The fourth-order valence-corrected chi connectivity index (χ4v) is 2.92. The van der Waals surface area contributed by atoms with E-state index in [4.69, 9.17) is 0 Å². The molecule has 0 saturated carbocycles. The summed E-state index contributed by atoms with van der Waals surface area (Å²) in [7, 11) is 1.79. The fourth-order valence-electron chi connectivity index (χ4n) is 2.92. The van der Waals surface area contributed by atoms with E-state index in [9.17, 15) is 9.18 Å². The molecule has 0 aromatic heterocycles. The first-order valence-electron chi connectivity index (χ1n) is 8.04. The molecule has 0 aliphatic heterocycles. The zero-order valence-corrected chi connectivity index (χ0v) is 13.9. The van der Waals surface area contributed by atoms with Crippen LogP contribution in [-0.4, -0.2) is 17.9 Å². The van der Waals surface area contributed by atoms with Gasteiger partial charge in [0.05, 0.1) is 12.5 Å². The van der Waals surface area contributed by atoms with E-state index in [0.717, 1.165) is 21.9 Å². The maximum absolute atomic E-state index is 13.1. The molecule has 0 saturated heterocycles. The van der Waals surface area contributed by atoms with Gasteiger partial charge < -0.3 is 4.90 Å². The van der Waals surface area contributed by atoms with Crippen molar-refractivity contribution >= 4 is 16.7 Å². The topological polar surface area (TPSA) is 20.3 Å². The second kappa shape index (κ2) is 6.83. The van der Waals surface area contributed by atoms with E-state index in [-0.39, 0.29) is 17.8 Å². The summed E-state index contributed by atoms with van der Waals surface area (Å²) in [5, 5.41) is 2.24. The lowest BCUT2D eigenvalue weighted by Crippen LogP contribution is -2.31. The van der Waals surface area contributed by atoms with E-state index in [1.807, 2.05) is 49.4 Å². The van der Waals surface area contributed by atoms with Gasteiger partial charge in [0.2, 0.25) is 5.91 Å². The van der Waals surface area contributed by atoms with Crippen LogP contribution in [0.3, 0.4) is 0 Å². The van der Waals surface area contributed by atoms with Crippen LogP contribution >= 0.6 is 0 Å². The minimum absolute atomic E-state index is 0.0446. The molecule has 3 aromatic carbocycles. The average molecular weight is 321 g/mol. The van der Waals surface area contributed by atoms with Gasteiger partial charge in [0.1, 0.15) is 5.82 Å². The maximum Gasteiger partial charge on any atom is 0.227 e. The van der Waals surface area contributed by atoms with Crippen molar-refractivity contribution < 1.29 is 9.18 Å². The molecule has 0 N–H and O–H groups in total. The number of hydrogen-bond donors (Lipinski definition) is 0. The number of halogens is 1. The smallest absolute Gasteiger partial charge is 0.227 e. The van der Waals surface area contributed by atoms with Crippen LogP contribution in [0.25, 0.3) is 10.8 Å². The van der Waals surface area contributed by atoms with Crippen LogP contribution in [0.1, 0.15) is 24.1 Å². The Labute approximate surface area is 141 Å². The first kappa shape index (κ1) is 16.2. The molecular formula is C21H20FNO. The van der Waals surface area contributed by atoms with Gasteiger partial charge in [-0.25, -0.2) is 4.39 Å². The highest BCUT2D eigenvalue weighted by molar-refractivity contribution is 5.90. The normalized spacial score (nSPS) is 12.1. The van der Waals surface area contributed by atoms with Crippen molar-refractivity contribution in [2.45, 2.75) is 19.4 Å². The maximum atomic E-state index is 13.1.